The summed E-state index contributed by atoms with van der Waals surface area (Å²) in [6.07, 6.45) is -4.31. The molecule has 0 aliphatic carbocycles. The van der Waals surface area contributed by atoms with Gasteiger partial charge >= 0.3 is 6.18 Å². The van der Waals surface area contributed by atoms with Gasteiger partial charge in [0.05, 0.1) is 0 Å². The Bertz CT molecular complexity index is 121. The van der Waals surface area contributed by atoms with Crippen LogP contribution in [0.3, 0.4) is 0 Å². The number of halogens is 3. The maximum Gasteiger partial charge on any atom is 0.430 e. The summed E-state index contributed by atoms with van der Waals surface area (Å²) in [5.74, 6) is 0. The molecule has 1 atom stereocenters. The number of hydrogen-bond donors (Lipinski definition) is 2. The largest absolute Gasteiger partial charge is 0.430 e. The molecule has 5 heteroatoms. The van der Waals surface area contributed by atoms with E-state index in [0.29, 0.717) is 6.42 Å². The molecule has 0 aromatic rings. The molecule has 0 fully saturated rings. The predicted molar refractivity (Wildman–Crippen MR) is 34.7 cm³/mol. The summed E-state index contributed by atoms with van der Waals surface area (Å²) in [6, 6.07) is 0. The van der Waals surface area contributed by atoms with E-state index in [2.05, 4.69) is 5.73 Å². The van der Waals surface area contributed by atoms with Crippen LogP contribution in [0.4, 0.5) is 13.2 Å². The molecule has 0 spiro atoms. The first kappa shape index (κ1) is 10.7. The highest BCUT2D eigenvalue weighted by atomic mass is 19.4. The van der Waals surface area contributed by atoms with Crippen molar-refractivity contribution >= 4 is 0 Å². The third-order valence-corrected chi connectivity index (χ3v) is 1.40. The summed E-state index contributed by atoms with van der Waals surface area (Å²) >= 11 is 0. The molecular weight excluding hydrogens is 159 g/mol. The van der Waals surface area contributed by atoms with Gasteiger partial charge < -0.3 is 5.11 Å². The summed E-state index contributed by atoms with van der Waals surface area (Å²) in [5, 5.41) is 8.63. The van der Waals surface area contributed by atoms with Gasteiger partial charge in [-0.25, -0.2) is 0 Å². The average molecular weight is 171 g/mol. The van der Waals surface area contributed by atoms with Gasteiger partial charge in [0, 0.05) is 0 Å². The van der Waals surface area contributed by atoms with Crippen LogP contribution < -0.4 is 5.73 Å². The standard InChI is InChI=1S/C6H12F3NO/c1-2-3-4-5(10,11)6(7,8)9/h11H,2-4,10H2,1H3. The lowest BCUT2D eigenvalue weighted by Gasteiger charge is -2.25. The Morgan fingerprint density at radius 1 is 1.36 bits per heavy atom. The maximum atomic E-state index is 11.8. The summed E-state index contributed by atoms with van der Waals surface area (Å²) < 4.78 is 35.3. The molecule has 0 saturated carbocycles. The molecule has 2 nitrogen and oxygen atoms in total. The Balaban J connectivity index is 4.00. The molecule has 0 amide bonds. The first-order valence-corrected chi connectivity index (χ1v) is 3.39. The second-order valence-corrected chi connectivity index (χ2v) is 2.53. The third-order valence-electron chi connectivity index (χ3n) is 1.40. The Morgan fingerprint density at radius 2 is 1.82 bits per heavy atom. The molecule has 0 saturated heterocycles. The fourth-order valence-electron chi connectivity index (χ4n) is 0.588. The van der Waals surface area contributed by atoms with E-state index >= 15 is 0 Å². The van der Waals surface area contributed by atoms with E-state index < -0.39 is 18.3 Å². The molecule has 11 heavy (non-hydrogen) atoms. The normalized spacial score (nSPS) is 18.0. The Morgan fingerprint density at radius 3 is 2.09 bits per heavy atom. The second-order valence-electron chi connectivity index (χ2n) is 2.53. The van der Waals surface area contributed by atoms with Crippen LogP contribution in [0.25, 0.3) is 0 Å². The van der Waals surface area contributed by atoms with Crippen LogP contribution in [0.15, 0.2) is 0 Å². The molecule has 0 aromatic heterocycles. The van der Waals surface area contributed by atoms with Gasteiger partial charge in [0.15, 0.2) is 0 Å². The predicted octanol–water partition coefficient (Wildman–Crippen LogP) is 1.39. The smallest absolute Gasteiger partial charge is 0.368 e. The quantitative estimate of drug-likeness (QED) is 0.630. The minimum absolute atomic E-state index is 0.270. The van der Waals surface area contributed by atoms with Gasteiger partial charge in [-0.15, -0.1) is 0 Å². The van der Waals surface area contributed by atoms with Crippen molar-refractivity contribution in [3.63, 3.8) is 0 Å². The van der Waals surface area contributed by atoms with Gasteiger partial charge in [-0.1, -0.05) is 13.3 Å². The minimum Gasteiger partial charge on any atom is -0.368 e. The van der Waals surface area contributed by atoms with Gasteiger partial charge in [0.2, 0.25) is 5.72 Å². The minimum atomic E-state index is -4.72. The molecule has 3 N–H and O–H groups in total. The van der Waals surface area contributed by atoms with Crippen molar-refractivity contribution in [3.8, 4) is 0 Å². The lowest BCUT2D eigenvalue weighted by Crippen LogP contribution is -2.53. The lowest BCUT2D eigenvalue weighted by molar-refractivity contribution is -0.260. The second kappa shape index (κ2) is 3.40. The van der Waals surface area contributed by atoms with E-state index in [4.69, 9.17) is 5.11 Å². The maximum absolute atomic E-state index is 11.8. The van der Waals surface area contributed by atoms with E-state index in [-0.39, 0.29) is 6.42 Å². The first-order chi connectivity index (χ1) is 4.81. The van der Waals surface area contributed by atoms with Gasteiger partial charge in [-0.05, 0) is 12.8 Å². The van der Waals surface area contributed by atoms with Crippen molar-refractivity contribution in [1.82, 2.24) is 0 Å². The Hall–Kier alpha value is -0.290. The van der Waals surface area contributed by atoms with Crippen LogP contribution in [0.2, 0.25) is 0 Å². The molecular formula is C6H12F3NO. The zero-order valence-electron chi connectivity index (χ0n) is 6.28. The van der Waals surface area contributed by atoms with E-state index in [0.717, 1.165) is 0 Å². The number of rotatable bonds is 3. The Labute approximate surface area is 63.2 Å². The first-order valence-electron chi connectivity index (χ1n) is 3.39. The zero-order chi connectivity index (χ0) is 9.12. The van der Waals surface area contributed by atoms with Crippen molar-refractivity contribution < 1.29 is 18.3 Å². The van der Waals surface area contributed by atoms with E-state index in [1.165, 1.54) is 0 Å². The number of nitrogens with two attached hydrogens (primary N) is 1. The summed E-state index contributed by atoms with van der Waals surface area (Å²) in [5.41, 5.74) is 1.60. The highest BCUT2D eigenvalue weighted by Gasteiger charge is 2.49. The van der Waals surface area contributed by atoms with Crippen LogP contribution in [0.1, 0.15) is 26.2 Å². The van der Waals surface area contributed by atoms with Crippen molar-refractivity contribution in [2.24, 2.45) is 5.73 Å². The van der Waals surface area contributed by atoms with Crippen LogP contribution in [-0.2, 0) is 0 Å². The number of unbranched alkanes of at least 4 members (excludes halogenated alkanes) is 1. The van der Waals surface area contributed by atoms with Gasteiger partial charge in [0.25, 0.3) is 0 Å². The SMILES string of the molecule is CCCCC(N)(O)C(F)(F)F. The highest BCUT2D eigenvalue weighted by Crippen LogP contribution is 2.29. The molecule has 0 bridgehead atoms. The van der Waals surface area contributed by atoms with E-state index in [9.17, 15) is 13.2 Å². The van der Waals surface area contributed by atoms with Crippen molar-refractivity contribution in [1.29, 1.82) is 0 Å². The van der Waals surface area contributed by atoms with Gasteiger partial charge in [-0.2, -0.15) is 13.2 Å². The molecule has 0 aliphatic heterocycles. The molecule has 0 heterocycles. The van der Waals surface area contributed by atoms with Crippen LogP contribution in [0.5, 0.6) is 0 Å². The van der Waals surface area contributed by atoms with Crippen molar-refractivity contribution in [2.45, 2.75) is 38.1 Å². The van der Waals surface area contributed by atoms with Crippen LogP contribution in [0, 0.1) is 0 Å². The lowest BCUT2D eigenvalue weighted by atomic mass is 10.1. The fraction of sp³-hybridized carbons (Fsp3) is 1.00. The van der Waals surface area contributed by atoms with E-state index in [1.54, 1.807) is 6.92 Å². The summed E-state index contributed by atoms with van der Waals surface area (Å²) in [6.45, 7) is 1.73. The average Bonchev–Trinajstić information content (AvgIpc) is 1.81. The monoisotopic (exact) mass is 171 g/mol. The van der Waals surface area contributed by atoms with Crippen molar-refractivity contribution in [3.05, 3.63) is 0 Å². The molecule has 0 aromatic carbocycles. The molecule has 1 unspecified atom stereocenters. The number of alkyl halides is 3. The summed E-state index contributed by atoms with van der Waals surface area (Å²) in [4.78, 5) is 0. The Kier molecular flexibility index (Phi) is 3.31. The molecule has 0 aliphatic rings. The van der Waals surface area contributed by atoms with E-state index in [1.807, 2.05) is 0 Å². The van der Waals surface area contributed by atoms with Gasteiger partial charge in [-0.3, -0.25) is 5.73 Å². The van der Waals surface area contributed by atoms with Gasteiger partial charge in [0.1, 0.15) is 0 Å². The van der Waals surface area contributed by atoms with Crippen LogP contribution in [-0.4, -0.2) is 17.0 Å². The highest BCUT2D eigenvalue weighted by molar-refractivity contribution is 4.78. The molecule has 68 valence electrons. The molecule has 0 rings (SSSR count). The molecule has 0 radical (unpaired) electrons. The van der Waals surface area contributed by atoms with Crippen molar-refractivity contribution in [2.75, 3.05) is 0 Å². The summed E-state index contributed by atoms with van der Waals surface area (Å²) in [7, 11) is 0. The fourth-order valence-corrected chi connectivity index (χ4v) is 0.588. The topological polar surface area (TPSA) is 46.2 Å². The van der Waals surface area contributed by atoms with Crippen LogP contribution >= 0.6 is 0 Å². The number of aliphatic hydroxyl groups is 1. The zero-order valence-corrected chi connectivity index (χ0v) is 6.28. The third kappa shape index (κ3) is 3.07. The number of hydrogen-bond acceptors (Lipinski definition) is 2.